The fourth-order valence-electron chi connectivity index (χ4n) is 2.17. The summed E-state index contributed by atoms with van der Waals surface area (Å²) in [7, 11) is 0. The normalized spacial score (nSPS) is 12.8. The molecule has 0 saturated heterocycles. The van der Waals surface area contributed by atoms with Gasteiger partial charge in [0.2, 0.25) is 0 Å². The average Bonchev–Trinajstić information content (AvgIpc) is 2.76. The second-order valence-electron chi connectivity index (χ2n) is 4.53. The molecule has 0 amide bonds. The Morgan fingerprint density at radius 2 is 1.76 bits per heavy atom. The van der Waals surface area contributed by atoms with Crippen LogP contribution in [0.2, 0.25) is 0 Å². The van der Waals surface area contributed by atoms with Crippen LogP contribution in [0.4, 0.5) is 13.2 Å². The standard InChI is InChI=1S/C14H9F3N2O2/c15-7-4-8(16)12(9(17)5-7)13(18)6-1-2-10-11(3-6)21-14(20)19-10/h1-5,13H,18H2,(H,19,20). The van der Waals surface area contributed by atoms with Gasteiger partial charge in [-0.15, -0.1) is 0 Å². The van der Waals surface area contributed by atoms with Crippen molar-refractivity contribution in [1.29, 1.82) is 0 Å². The third-order valence-corrected chi connectivity index (χ3v) is 3.16. The molecule has 4 nitrogen and oxygen atoms in total. The molecule has 1 atom stereocenters. The van der Waals surface area contributed by atoms with Gasteiger partial charge in [-0.2, -0.15) is 0 Å². The molecule has 0 spiro atoms. The van der Waals surface area contributed by atoms with Crippen molar-refractivity contribution in [3.05, 3.63) is 69.5 Å². The summed E-state index contributed by atoms with van der Waals surface area (Å²) in [5, 5.41) is 0. The predicted molar refractivity (Wildman–Crippen MR) is 69.2 cm³/mol. The molecule has 0 radical (unpaired) electrons. The van der Waals surface area contributed by atoms with E-state index in [2.05, 4.69) is 4.98 Å². The zero-order valence-corrected chi connectivity index (χ0v) is 10.5. The second-order valence-corrected chi connectivity index (χ2v) is 4.53. The number of hydrogen-bond acceptors (Lipinski definition) is 3. The molecule has 1 unspecified atom stereocenters. The predicted octanol–water partition coefficient (Wildman–Crippen LogP) is 2.59. The van der Waals surface area contributed by atoms with Crippen LogP contribution in [0.5, 0.6) is 0 Å². The van der Waals surface area contributed by atoms with Crippen LogP contribution < -0.4 is 11.5 Å². The van der Waals surface area contributed by atoms with Crippen LogP contribution in [0, 0.1) is 17.5 Å². The first-order valence-electron chi connectivity index (χ1n) is 5.98. The molecule has 0 saturated carbocycles. The SMILES string of the molecule is NC(c1ccc2[nH]c(=O)oc2c1)c1c(F)cc(F)cc1F. The molecule has 1 heterocycles. The Kier molecular flexibility index (Phi) is 3.06. The van der Waals surface area contributed by atoms with Gasteiger partial charge in [0.15, 0.2) is 5.58 Å². The smallest absolute Gasteiger partial charge is 0.408 e. The lowest BCUT2D eigenvalue weighted by atomic mass is 9.98. The van der Waals surface area contributed by atoms with E-state index in [4.69, 9.17) is 10.2 Å². The van der Waals surface area contributed by atoms with Crippen molar-refractivity contribution in [3.8, 4) is 0 Å². The van der Waals surface area contributed by atoms with Gasteiger partial charge in [-0.25, -0.2) is 18.0 Å². The Labute approximate surface area is 116 Å². The van der Waals surface area contributed by atoms with Crippen molar-refractivity contribution < 1.29 is 17.6 Å². The molecular formula is C14H9F3N2O2. The molecule has 0 fully saturated rings. The van der Waals surface area contributed by atoms with Crippen molar-refractivity contribution in [1.82, 2.24) is 4.98 Å². The minimum atomic E-state index is -1.16. The number of aromatic amines is 1. The van der Waals surface area contributed by atoms with Crippen molar-refractivity contribution in [2.45, 2.75) is 6.04 Å². The molecule has 0 aliphatic rings. The van der Waals surface area contributed by atoms with E-state index in [0.717, 1.165) is 0 Å². The van der Waals surface area contributed by atoms with Gasteiger partial charge in [-0.1, -0.05) is 6.07 Å². The number of nitrogens with one attached hydrogen (secondary N) is 1. The number of oxazole rings is 1. The van der Waals surface area contributed by atoms with E-state index in [9.17, 15) is 18.0 Å². The maximum absolute atomic E-state index is 13.7. The zero-order valence-electron chi connectivity index (χ0n) is 10.5. The fourth-order valence-corrected chi connectivity index (χ4v) is 2.17. The van der Waals surface area contributed by atoms with E-state index in [1.54, 1.807) is 0 Å². The lowest BCUT2D eigenvalue weighted by Gasteiger charge is -2.14. The minimum absolute atomic E-state index is 0.218. The highest BCUT2D eigenvalue weighted by molar-refractivity contribution is 5.73. The molecule has 3 aromatic rings. The van der Waals surface area contributed by atoms with E-state index >= 15 is 0 Å². The van der Waals surface area contributed by atoms with Crippen molar-refractivity contribution in [2.24, 2.45) is 5.73 Å². The summed E-state index contributed by atoms with van der Waals surface area (Å²) in [6, 6.07) is 4.38. The first-order chi connectivity index (χ1) is 9.95. The topological polar surface area (TPSA) is 72.0 Å². The van der Waals surface area contributed by atoms with E-state index in [0.29, 0.717) is 23.2 Å². The van der Waals surface area contributed by atoms with Crippen molar-refractivity contribution in [3.63, 3.8) is 0 Å². The third kappa shape index (κ3) is 2.31. The van der Waals surface area contributed by atoms with Gasteiger partial charge >= 0.3 is 5.76 Å². The number of rotatable bonds is 2. The number of fused-ring (bicyclic) bond motifs is 1. The van der Waals surface area contributed by atoms with E-state index in [1.807, 2.05) is 0 Å². The molecule has 0 aliphatic carbocycles. The molecule has 21 heavy (non-hydrogen) atoms. The molecule has 0 bridgehead atoms. The lowest BCUT2D eigenvalue weighted by Crippen LogP contribution is -2.16. The van der Waals surface area contributed by atoms with E-state index in [1.165, 1.54) is 18.2 Å². The van der Waals surface area contributed by atoms with Gasteiger partial charge in [0.05, 0.1) is 11.6 Å². The summed E-state index contributed by atoms with van der Waals surface area (Å²) in [5.41, 5.74) is 6.37. The van der Waals surface area contributed by atoms with Crippen molar-refractivity contribution in [2.75, 3.05) is 0 Å². The number of benzene rings is 2. The Balaban J connectivity index is 2.11. The van der Waals surface area contributed by atoms with Crippen LogP contribution in [-0.2, 0) is 0 Å². The number of hydrogen-bond donors (Lipinski definition) is 2. The lowest BCUT2D eigenvalue weighted by molar-refractivity contribution is 0.514. The van der Waals surface area contributed by atoms with Crippen LogP contribution in [0.25, 0.3) is 11.1 Å². The van der Waals surface area contributed by atoms with Gasteiger partial charge in [-0.05, 0) is 17.7 Å². The van der Waals surface area contributed by atoms with Gasteiger partial charge in [0.1, 0.15) is 17.5 Å². The molecule has 0 aliphatic heterocycles. The summed E-state index contributed by atoms with van der Waals surface area (Å²) < 4.78 is 45.2. The average molecular weight is 294 g/mol. The molecule has 1 aromatic heterocycles. The summed E-state index contributed by atoms with van der Waals surface area (Å²) >= 11 is 0. The Hall–Kier alpha value is -2.54. The number of H-pyrrole nitrogens is 1. The maximum atomic E-state index is 13.7. The quantitative estimate of drug-likeness (QED) is 0.763. The highest BCUT2D eigenvalue weighted by Gasteiger charge is 2.20. The van der Waals surface area contributed by atoms with Gasteiger partial charge in [0.25, 0.3) is 0 Å². The summed E-state index contributed by atoms with van der Waals surface area (Å²) in [4.78, 5) is 13.5. The largest absolute Gasteiger partial charge is 0.417 e. The van der Waals surface area contributed by atoms with Crippen LogP contribution in [-0.4, -0.2) is 4.98 Å². The zero-order chi connectivity index (χ0) is 15.1. The molecule has 2 aromatic carbocycles. The summed E-state index contributed by atoms with van der Waals surface area (Å²) in [6.45, 7) is 0. The second kappa shape index (κ2) is 4.78. The number of halogens is 3. The van der Waals surface area contributed by atoms with Crippen LogP contribution in [0.3, 0.4) is 0 Å². The first kappa shape index (κ1) is 13.4. The Morgan fingerprint density at radius 1 is 1.10 bits per heavy atom. The maximum Gasteiger partial charge on any atom is 0.417 e. The van der Waals surface area contributed by atoms with E-state index in [-0.39, 0.29) is 5.58 Å². The Bertz CT molecular complexity index is 862. The van der Waals surface area contributed by atoms with Gasteiger partial charge < -0.3 is 10.2 Å². The summed E-state index contributed by atoms with van der Waals surface area (Å²) in [5.74, 6) is -3.81. The molecule has 7 heteroatoms. The Morgan fingerprint density at radius 3 is 2.43 bits per heavy atom. The summed E-state index contributed by atoms with van der Waals surface area (Å²) in [6.07, 6.45) is 0. The van der Waals surface area contributed by atoms with E-state index < -0.39 is 34.8 Å². The third-order valence-electron chi connectivity index (χ3n) is 3.16. The van der Waals surface area contributed by atoms with Gasteiger partial charge in [0, 0.05) is 17.7 Å². The number of aromatic nitrogens is 1. The van der Waals surface area contributed by atoms with Gasteiger partial charge in [-0.3, -0.25) is 4.98 Å². The van der Waals surface area contributed by atoms with Crippen LogP contribution in [0.15, 0.2) is 39.5 Å². The molecular weight excluding hydrogens is 285 g/mol. The fraction of sp³-hybridized carbons (Fsp3) is 0.0714. The monoisotopic (exact) mass is 294 g/mol. The highest BCUT2D eigenvalue weighted by atomic mass is 19.1. The molecule has 3 rings (SSSR count). The molecule has 108 valence electrons. The van der Waals surface area contributed by atoms with Crippen LogP contribution >= 0.6 is 0 Å². The minimum Gasteiger partial charge on any atom is -0.408 e. The van der Waals surface area contributed by atoms with Crippen LogP contribution in [0.1, 0.15) is 17.2 Å². The first-order valence-corrected chi connectivity index (χ1v) is 5.98. The number of nitrogens with two attached hydrogens (primary N) is 1. The van der Waals surface area contributed by atoms with Crippen molar-refractivity contribution >= 4 is 11.1 Å². The highest BCUT2D eigenvalue weighted by Crippen LogP contribution is 2.27. The molecule has 3 N–H and O–H groups in total.